The summed E-state index contributed by atoms with van der Waals surface area (Å²) in [6, 6.07) is 7.82. The minimum absolute atomic E-state index is 0.0564. The number of nitrogens with zero attached hydrogens (tertiary/aromatic N) is 1. The maximum absolute atomic E-state index is 13.2. The Labute approximate surface area is 155 Å². The van der Waals surface area contributed by atoms with Gasteiger partial charge in [-0.15, -0.1) is 0 Å². The number of hydrogen-bond donors (Lipinski definition) is 1. The second-order valence-corrected chi connectivity index (χ2v) is 7.83. The van der Waals surface area contributed by atoms with E-state index in [9.17, 15) is 22.7 Å². The van der Waals surface area contributed by atoms with Crippen LogP contribution in [0.1, 0.15) is 5.56 Å². The van der Waals surface area contributed by atoms with Crippen molar-refractivity contribution >= 4 is 33.3 Å². The molecule has 2 aromatic carbocycles. The van der Waals surface area contributed by atoms with E-state index in [1.807, 2.05) is 0 Å². The van der Waals surface area contributed by atoms with Gasteiger partial charge < -0.3 is 9.84 Å². The maximum atomic E-state index is 13.2. The molecule has 0 aliphatic heterocycles. The predicted molar refractivity (Wildman–Crippen MR) is 96.9 cm³/mol. The Bertz CT molecular complexity index is 902. The summed E-state index contributed by atoms with van der Waals surface area (Å²) in [6.45, 7) is 0. The van der Waals surface area contributed by atoms with Crippen molar-refractivity contribution in [2.75, 3.05) is 17.7 Å². The molecule has 0 aliphatic carbocycles. The first kappa shape index (κ1) is 20.0. The van der Waals surface area contributed by atoms with E-state index in [4.69, 9.17) is 16.3 Å². The van der Waals surface area contributed by atoms with E-state index < -0.39 is 27.9 Å². The summed E-state index contributed by atoms with van der Waals surface area (Å²) >= 11 is 6.05. The fourth-order valence-corrected chi connectivity index (χ4v) is 3.93. The third-order valence-corrected chi connectivity index (χ3v) is 5.13. The molecule has 1 N–H and O–H groups in total. The first-order valence-corrected chi connectivity index (χ1v) is 9.66. The number of benzene rings is 2. The molecule has 0 unspecified atom stereocenters. The molecule has 140 valence electrons. The molecule has 0 heterocycles. The maximum Gasteiger partial charge on any atom is 0.327 e. The van der Waals surface area contributed by atoms with Crippen molar-refractivity contribution in [2.45, 2.75) is 12.5 Å². The van der Waals surface area contributed by atoms with Crippen LogP contribution < -0.4 is 9.04 Å². The number of methoxy groups -OCH3 is 1. The van der Waals surface area contributed by atoms with Crippen LogP contribution in [0.25, 0.3) is 0 Å². The van der Waals surface area contributed by atoms with Crippen LogP contribution >= 0.6 is 11.6 Å². The van der Waals surface area contributed by atoms with Crippen LogP contribution in [0.5, 0.6) is 5.75 Å². The molecule has 0 saturated heterocycles. The van der Waals surface area contributed by atoms with Gasteiger partial charge in [0.15, 0.2) is 0 Å². The molecule has 2 aromatic rings. The molecule has 6 nitrogen and oxygen atoms in total. The molecule has 0 amide bonds. The Hall–Kier alpha value is -2.32. The van der Waals surface area contributed by atoms with Crippen molar-refractivity contribution in [1.82, 2.24) is 0 Å². The molecule has 0 spiro atoms. The highest BCUT2D eigenvalue weighted by molar-refractivity contribution is 7.92. The lowest BCUT2D eigenvalue weighted by Crippen LogP contribution is -2.46. The molecule has 0 fully saturated rings. The van der Waals surface area contributed by atoms with Crippen LogP contribution in [-0.2, 0) is 21.2 Å². The zero-order chi connectivity index (χ0) is 19.5. The molecular formula is C17H17ClFNO5S. The number of aliphatic carboxylic acids is 1. The van der Waals surface area contributed by atoms with Crippen molar-refractivity contribution in [3.05, 3.63) is 58.9 Å². The predicted octanol–water partition coefficient (Wildman–Crippen LogP) is 2.95. The van der Waals surface area contributed by atoms with Gasteiger partial charge in [-0.3, -0.25) is 4.31 Å². The number of carboxylic acids is 1. The molecule has 1 atom stereocenters. The number of ether oxygens (including phenoxy) is 1. The van der Waals surface area contributed by atoms with Gasteiger partial charge in [-0.05, 0) is 42.0 Å². The summed E-state index contributed by atoms with van der Waals surface area (Å²) in [5, 5.41) is 9.90. The summed E-state index contributed by atoms with van der Waals surface area (Å²) in [7, 11) is -2.50. The van der Waals surface area contributed by atoms with Crippen molar-refractivity contribution in [3.63, 3.8) is 0 Å². The molecule has 9 heteroatoms. The molecule has 0 radical (unpaired) electrons. The Kier molecular flexibility index (Phi) is 6.09. The van der Waals surface area contributed by atoms with Gasteiger partial charge in [-0.25, -0.2) is 17.6 Å². The first-order chi connectivity index (χ1) is 12.1. The van der Waals surface area contributed by atoms with Crippen molar-refractivity contribution in [1.29, 1.82) is 0 Å². The fourth-order valence-electron chi connectivity index (χ4n) is 2.52. The van der Waals surface area contributed by atoms with E-state index in [2.05, 4.69) is 0 Å². The summed E-state index contributed by atoms with van der Waals surface area (Å²) < 4.78 is 43.4. The van der Waals surface area contributed by atoms with E-state index in [1.54, 1.807) is 12.1 Å². The van der Waals surface area contributed by atoms with Gasteiger partial charge >= 0.3 is 5.97 Å². The van der Waals surface area contributed by atoms with Gasteiger partial charge in [-0.2, -0.15) is 0 Å². The Balaban J connectivity index is 2.46. The van der Waals surface area contributed by atoms with Crippen LogP contribution in [0.15, 0.2) is 42.5 Å². The van der Waals surface area contributed by atoms with E-state index in [1.165, 1.54) is 25.3 Å². The number of sulfonamides is 1. The fraction of sp³-hybridized carbons (Fsp3) is 0.235. The van der Waals surface area contributed by atoms with Gasteiger partial charge in [0, 0.05) is 6.42 Å². The topological polar surface area (TPSA) is 83.9 Å². The average molecular weight is 402 g/mol. The van der Waals surface area contributed by atoms with Gasteiger partial charge in [0.1, 0.15) is 17.6 Å². The SMILES string of the molecule is COc1ccc(C[C@H](C(=O)O)N(c2ccc(F)cc2)S(C)(=O)=O)cc1Cl. The number of hydrogen-bond acceptors (Lipinski definition) is 4. The second kappa shape index (κ2) is 7.92. The number of halogens is 2. The average Bonchev–Trinajstić information content (AvgIpc) is 2.55. The molecule has 0 aromatic heterocycles. The van der Waals surface area contributed by atoms with E-state index in [0.29, 0.717) is 11.3 Å². The molecule has 26 heavy (non-hydrogen) atoms. The van der Waals surface area contributed by atoms with Crippen molar-refractivity contribution in [2.24, 2.45) is 0 Å². The van der Waals surface area contributed by atoms with Crippen LogP contribution in [0.4, 0.5) is 10.1 Å². The van der Waals surface area contributed by atoms with E-state index in [-0.39, 0.29) is 17.1 Å². The van der Waals surface area contributed by atoms with E-state index in [0.717, 1.165) is 22.7 Å². The number of rotatable bonds is 7. The highest BCUT2D eigenvalue weighted by Gasteiger charge is 2.33. The minimum Gasteiger partial charge on any atom is -0.495 e. The van der Waals surface area contributed by atoms with Crippen molar-refractivity contribution in [3.8, 4) is 5.75 Å². The zero-order valence-corrected chi connectivity index (χ0v) is 15.6. The zero-order valence-electron chi connectivity index (χ0n) is 14.0. The lowest BCUT2D eigenvalue weighted by Gasteiger charge is -2.29. The lowest BCUT2D eigenvalue weighted by molar-refractivity contribution is -0.138. The number of carbonyl (C=O) groups is 1. The van der Waals surface area contributed by atoms with Crippen LogP contribution in [0.2, 0.25) is 5.02 Å². The van der Waals surface area contributed by atoms with Gasteiger partial charge in [0.05, 0.1) is 24.1 Å². The highest BCUT2D eigenvalue weighted by Crippen LogP contribution is 2.28. The summed E-state index contributed by atoms with van der Waals surface area (Å²) in [6.07, 6.45) is 0.761. The minimum atomic E-state index is -3.95. The highest BCUT2D eigenvalue weighted by atomic mass is 35.5. The van der Waals surface area contributed by atoms with Gasteiger partial charge in [-0.1, -0.05) is 17.7 Å². The quantitative estimate of drug-likeness (QED) is 0.771. The van der Waals surface area contributed by atoms with Crippen LogP contribution in [-0.4, -0.2) is 38.9 Å². The number of carboxylic acid groups (broad SMARTS) is 1. The molecular weight excluding hydrogens is 385 g/mol. The third kappa shape index (κ3) is 4.64. The summed E-state index contributed by atoms with van der Waals surface area (Å²) in [5.74, 6) is -1.48. The Morgan fingerprint density at radius 2 is 1.88 bits per heavy atom. The summed E-state index contributed by atoms with van der Waals surface area (Å²) in [5.41, 5.74) is 0.569. The monoisotopic (exact) mass is 401 g/mol. The first-order valence-electron chi connectivity index (χ1n) is 7.43. The smallest absolute Gasteiger partial charge is 0.327 e. The third-order valence-electron chi connectivity index (χ3n) is 3.65. The molecule has 2 rings (SSSR count). The number of anilines is 1. The largest absolute Gasteiger partial charge is 0.495 e. The van der Waals surface area contributed by atoms with Gasteiger partial charge in [0.25, 0.3) is 0 Å². The van der Waals surface area contributed by atoms with Crippen molar-refractivity contribution < 1.29 is 27.4 Å². The molecule has 0 aliphatic rings. The molecule has 0 bridgehead atoms. The molecule has 0 saturated carbocycles. The summed E-state index contributed by atoms with van der Waals surface area (Å²) in [4.78, 5) is 11.8. The van der Waals surface area contributed by atoms with Gasteiger partial charge in [0.2, 0.25) is 10.0 Å². The second-order valence-electron chi connectivity index (χ2n) is 5.56. The van der Waals surface area contributed by atoms with E-state index >= 15 is 0 Å². The Morgan fingerprint density at radius 1 is 1.27 bits per heavy atom. The standard InChI is InChI=1S/C17H17ClFNO5S/c1-25-16-8-3-11(9-14(16)18)10-15(17(21)22)20(26(2,23)24)13-6-4-12(19)5-7-13/h3-9,15H,10H2,1-2H3,(H,21,22)/t15-/m1/s1. The van der Waals surface area contributed by atoms with Crippen LogP contribution in [0.3, 0.4) is 0 Å². The lowest BCUT2D eigenvalue weighted by atomic mass is 10.1. The van der Waals surface area contributed by atoms with Crippen LogP contribution in [0, 0.1) is 5.82 Å². The normalized spacial score (nSPS) is 12.5. The Morgan fingerprint density at radius 3 is 2.35 bits per heavy atom.